The largest absolute Gasteiger partial charge is 0.376 e. The molecule has 1 N–H and O–H groups in total. The zero-order chi connectivity index (χ0) is 12.1. The summed E-state index contributed by atoms with van der Waals surface area (Å²) in [5, 5.41) is 3.49. The molecule has 0 saturated carbocycles. The first-order valence-electron chi connectivity index (χ1n) is 7.33. The summed E-state index contributed by atoms with van der Waals surface area (Å²) in [6.45, 7) is 11.5. The summed E-state index contributed by atoms with van der Waals surface area (Å²) >= 11 is 0. The highest BCUT2D eigenvalue weighted by Crippen LogP contribution is 2.33. The smallest absolute Gasteiger partial charge is 0.0700 e. The summed E-state index contributed by atoms with van der Waals surface area (Å²) in [6.07, 6.45) is 5.63. The molecule has 2 heterocycles. The molecule has 0 aromatic heterocycles. The molecule has 1 atom stereocenters. The Morgan fingerprint density at radius 3 is 2.71 bits per heavy atom. The molecule has 0 aromatic rings. The summed E-state index contributed by atoms with van der Waals surface area (Å²) in [5.74, 6) is 0. The van der Waals surface area contributed by atoms with Crippen LogP contribution in [-0.4, -0.2) is 50.3 Å². The number of morpholine rings is 1. The summed E-state index contributed by atoms with van der Waals surface area (Å²) in [5.41, 5.74) is 0.570. The van der Waals surface area contributed by atoms with E-state index in [9.17, 15) is 0 Å². The minimum absolute atomic E-state index is 0.472. The number of ether oxygens (including phenoxy) is 1. The van der Waals surface area contributed by atoms with E-state index in [0.717, 1.165) is 26.1 Å². The maximum absolute atomic E-state index is 5.76. The van der Waals surface area contributed by atoms with Crippen molar-refractivity contribution in [2.45, 2.75) is 45.6 Å². The Balaban J connectivity index is 1.88. The van der Waals surface area contributed by atoms with E-state index in [1.807, 2.05) is 0 Å². The molecule has 2 saturated heterocycles. The Bertz CT molecular complexity index is 226. The average Bonchev–Trinajstić information content (AvgIpc) is 2.40. The molecule has 17 heavy (non-hydrogen) atoms. The molecule has 1 unspecified atom stereocenters. The molecule has 2 rings (SSSR count). The molecule has 100 valence electrons. The van der Waals surface area contributed by atoms with Crippen molar-refractivity contribution in [3.63, 3.8) is 0 Å². The Labute approximate surface area is 106 Å². The predicted octanol–water partition coefficient (Wildman–Crippen LogP) is 1.88. The van der Waals surface area contributed by atoms with E-state index in [1.165, 1.54) is 38.9 Å². The van der Waals surface area contributed by atoms with E-state index in [1.54, 1.807) is 0 Å². The molecule has 0 spiro atoms. The van der Waals surface area contributed by atoms with Crippen LogP contribution < -0.4 is 5.32 Å². The van der Waals surface area contributed by atoms with Crippen molar-refractivity contribution in [1.29, 1.82) is 0 Å². The van der Waals surface area contributed by atoms with Crippen LogP contribution in [0.3, 0.4) is 0 Å². The minimum atomic E-state index is 0.472. The van der Waals surface area contributed by atoms with Crippen LogP contribution in [0.2, 0.25) is 0 Å². The summed E-state index contributed by atoms with van der Waals surface area (Å²) in [4.78, 5) is 2.65. The third-order valence-electron chi connectivity index (χ3n) is 4.65. The van der Waals surface area contributed by atoms with E-state index in [4.69, 9.17) is 4.74 Å². The number of nitrogens with zero attached hydrogens (tertiary/aromatic N) is 1. The van der Waals surface area contributed by atoms with E-state index >= 15 is 0 Å². The van der Waals surface area contributed by atoms with Crippen molar-refractivity contribution in [3.05, 3.63) is 0 Å². The van der Waals surface area contributed by atoms with Crippen LogP contribution in [0.25, 0.3) is 0 Å². The first-order chi connectivity index (χ1) is 8.28. The van der Waals surface area contributed by atoms with Gasteiger partial charge in [-0.2, -0.15) is 0 Å². The van der Waals surface area contributed by atoms with Gasteiger partial charge in [-0.3, -0.25) is 4.90 Å². The van der Waals surface area contributed by atoms with Crippen LogP contribution >= 0.6 is 0 Å². The summed E-state index contributed by atoms with van der Waals surface area (Å²) in [6, 6.07) is 0. The fraction of sp³-hybridized carbons (Fsp3) is 1.00. The highest BCUT2D eigenvalue weighted by Gasteiger charge is 2.33. The molecule has 2 fully saturated rings. The molecular weight excluding hydrogens is 212 g/mol. The molecule has 0 amide bonds. The summed E-state index contributed by atoms with van der Waals surface area (Å²) < 4.78 is 5.76. The number of nitrogens with one attached hydrogen (secondary N) is 1. The second-order valence-electron chi connectivity index (χ2n) is 5.74. The third-order valence-corrected chi connectivity index (χ3v) is 4.65. The highest BCUT2D eigenvalue weighted by atomic mass is 16.5. The predicted molar refractivity (Wildman–Crippen MR) is 71.3 cm³/mol. The molecule has 2 aliphatic rings. The van der Waals surface area contributed by atoms with Crippen LogP contribution in [0.15, 0.2) is 0 Å². The average molecular weight is 240 g/mol. The van der Waals surface area contributed by atoms with Crippen LogP contribution in [0, 0.1) is 5.41 Å². The van der Waals surface area contributed by atoms with Crippen molar-refractivity contribution in [3.8, 4) is 0 Å². The van der Waals surface area contributed by atoms with Gasteiger partial charge in [-0.25, -0.2) is 0 Å². The zero-order valence-electron chi connectivity index (χ0n) is 11.5. The number of hydrogen-bond donors (Lipinski definition) is 1. The monoisotopic (exact) mass is 240 g/mol. The third kappa shape index (κ3) is 3.43. The number of hydrogen-bond acceptors (Lipinski definition) is 3. The van der Waals surface area contributed by atoms with Gasteiger partial charge in [-0.1, -0.05) is 13.8 Å². The topological polar surface area (TPSA) is 24.5 Å². The van der Waals surface area contributed by atoms with E-state index in [2.05, 4.69) is 24.1 Å². The van der Waals surface area contributed by atoms with Crippen molar-refractivity contribution >= 4 is 0 Å². The van der Waals surface area contributed by atoms with E-state index < -0.39 is 0 Å². The van der Waals surface area contributed by atoms with Gasteiger partial charge in [0.05, 0.1) is 12.7 Å². The maximum atomic E-state index is 5.76. The summed E-state index contributed by atoms with van der Waals surface area (Å²) in [7, 11) is 0. The molecule has 0 aliphatic carbocycles. The van der Waals surface area contributed by atoms with Gasteiger partial charge in [0.25, 0.3) is 0 Å². The van der Waals surface area contributed by atoms with Gasteiger partial charge in [0.1, 0.15) is 0 Å². The quantitative estimate of drug-likeness (QED) is 0.812. The molecule has 0 bridgehead atoms. The van der Waals surface area contributed by atoms with Crippen LogP contribution in [-0.2, 0) is 4.74 Å². The van der Waals surface area contributed by atoms with Crippen LogP contribution in [0.4, 0.5) is 0 Å². The lowest BCUT2D eigenvalue weighted by atomic mass is 9.76. The standard InChI is InChI=1S/C14H28N2O/c1-3-13-11-16(9-10-17-13)12-14(4-2)5-7-15-8-6-14/h13,15H,3-12H2,1-2H3. The Hall–Kier alpha value is -0.120. The normalized spacial score (nSPS) is 30.4. The first kappa shape index (κ1) is 13.3. The van der Waals surface area contributed by atoms with E-state index in [-0.39, 0.29) is 0 Å². The van der Waals surface area contributed by atoms with Gasteiger partial charge < -0.3 is 10.1 Å². The van der Waals surface area contributed by atoms with Gasteiger partial charge >= 0.3 is 0 Å². The second kappa shape index (κ2) is 6.17. The molecular formula is C14H28N2O. The molecule has 0 aromatic carbocycles. The van der Waals surface area contributed by atoms with Crippen molar-refractivity contribution in [2.75, 3.05) is 39.3 Å². The van der Waals surface area contributed by atoms with Gasteiger partial charge in [0.15, 0.2) is 0 Å². The second-order valence-corrected chi connectivity index (χ2v) is 5.74. The highest BCUT2D eigenvalue weighted by molar-refractivity contribution is 4.87. The molecule has 0 radical (unpaired) electrons. The minimum Gasteiger partial charge on any atom is -0.376 e. The van der Waals surface area contributed by atoms with Crippen LogP contribution in [0.1, 0.15) is 39.5 Å². The van der Waals surface area contributed by atoms with Crippen molar-refractivity contribution < 1.29 is 4.74 Å². The van der Waals surface area contributed by atoms with Gasteiger partial charge in [-0.05, 0) is 44.2 Å². The number of piperidine rings is 1. The lowest BCUT2D eigenvalue weighted by molar-refractivity contribution is -0.0462. The lowest BCUT2D eigenvalue weighted by Crippen LogP contribution is -2.49. The van der Waals surface area contributed by atoms with Crippen molar-refractivity contribution in [1.82, 2.24) is 10.2 Å². The van der Waals surface area contributed by atoms with Gasteiger partial charge in [0.2, 0.25) is 0 Å². The molecule has 3 nitrogen and oxygen atoms in total. The number of rotatable bonds is 4. The van der Waals surface area contributed by atoms with Crippen molar-refractivity contribution in [2.24, 2.45) is 5.41 Å². The van der Waals surface area contributed by atoms with Crippen LogP contribution in [0.5, 0.6) is 0 Å². The molecule has 3 heteroatoms. The first-order valence-corrected chi connectivity index (χ1v) is 7.33. The Morgan fingerprint density at radius 1 is 1.29 bits per heavy atom. The Morgan fingerprint density at radius 2 is 2.06 bits per heavy atom. The van der Waals surface area contributed by atoms with Gasteiger partial charge in [0, 0.05) is 19.6 Å². The lowest BCUT2D eigenvalue weighted by Gasteiger charge is -2.43. The fourth-order valence-corrected chi connectivity index (χ4v) is 3.23. The van der Waals surface area contributed by atoms with Gasteiger partial charge in [-0.15, -0.1) is 0 Å². The van der Waals surface area contributed by atoms with E-state index in [0.29, 0.717) is 11.5 Å². The zero-order valence-corrected chi connectivity index (χ0v) is 11.5. The molecule has 2 aliphatic heterocycles. The Kier molecular flexibility index (Phi) is 4.83. The fourth-order valence-electron chi connectivity index (χ4n) is 3.23. The maximum Gasteiger partial charge on any atom is 0.0700 e. The SMILES string of the molecule is CCC1CN(CC2(CC)CCNCC2)CCO1.